The van der Waals surface area contributed by atoms with Crippen LogP contribution >= 0.6 is 0 Å². The van der Waals surface area contributed by atoms with E-state index in [-0.39, 0.29) is 82.0 Å². The van der Waals surface area contributed by atoms with Crippen molar-refractivity contribution in [1.29, 1.82) is 0 Å². The van der Waals surface area contributed by atoms with Gasteiger partial charge in [0.1, 0.15) is 37.2 Å². The molecule has 0 heterocycles. The Labute approximate surface area is 421 Å². The maximum absolute atomic E-state index is 12.1. The summed E-state index contributed by atoms with van der Waals surface area (Å²) in [4.78, 5) is -0.572. The van der Waals surface area contributed by atoms with Gasteiger partial charge in [0.2, 0.25) is 0 Å². The number of rotatable bonds is 32. The maximum atomic E-state index is 12.1. The number of unbranched alkanes of at least 4 members (excludes halogenated alkanes) is 22. The molecule has 0 saturated heterocycles. The van der Waals surface area contributed by atoms with Crippen LogP contribution in [-0.4, -0.2) is 68.8 Å². The van der Waals surface area contributed by atoms with Gasteiger partial charge in [-0.1, -0.05) is 215 Å². The third-order valence-electron chi connectivity index (χ3n) is 11.4. The van der Waals surface area contributed by atoms with Crippen LogP contribution in [0.2, 0.25) is 0 Å². The molecule has 0 radical (unpaired) electrons. The Bertz CT molecular complexity index is 1970. The van der Waals surface area contributed by atoms with E-state index in [0.29, 0.717) is 24.0 Å². The van der Waals surface area contributed by atoms with Crippen LogP contribution in [-0.2, 0) is 33.1 Å². The van der Waals surface area contributed by atoms with Crippen LogP contribution in [0.25, 0.3) is 0 Å². The molecule has 356 valence electrons. The summed E-state index contributed by atoms with van der Waals surface area (Å²) in [6.07, 6.45) is 30.4. The first-order chi connectivity index (χ1) is 30.9. The molecule has 0 fully saturated rings. The molecule has 13 heteroatoms. The van der Waals surface area contributed by atoms with Crippen LogP contribution in [0.5, 0.6) is 34.5 Å². The van der Waals surface area contributed by atoms with Gasteiger partial charge in [-0.25, -0.2) is 8.42 Å². The van der Waals surface area contributed by atoms with E-state index < -0.39 is 20.2 Å². The van der Waals surface area contributed by atoms with Crippen molar-refractivity contribution < 1.29 is 45.6 Å². The topological polar surface area (TPSA) is 173 Å². The average Bonchev–Trinajstić information content (AvgIpc) is 3.25. The summed E-state index contributed by atoms with van der Waals surface area (Å²) in [5, 5.41) is 21.8. The largest absolute Gasteiger partial charge is 2.00 e. The second kappa shape index (κ2) is 33.6. The summed E-state index contributed by atoms with van der Waals surface area (Å²) < 4.78 is 81.0. The molecule has 0 aliphatic heterocycles. The van der Waals surface area contributed by atoms with Crippen LogP contribution in [0.1, 0.15) is 179 Å². The van der Waals surface area contributed by atoms with E-state index in [1.165, 1.54) is 146 Å². The third kappa shape index (κ3) is 23.6. The molecule has 0 saturated carbocycles. The van der Waals surface area contributed by atoms with Crippen LogP contribution in [0.15, 0.2) is 94.7 Å². The van der Waals surface area contributed by atoms with Crippen LogP contribution in [0.4, 0.5) is 0 Å². The fraction of sp³-hybridized carbons (Fsp3) is 0.538. The van der Waals surface area contributed by atoms with Gasteiger partial charge >= 0.3 is 37.7 Å². The molecule has 0 unspecified atom stereocenters. The number of para-hydroxylation sites is 4. The van der Waals surface area contributed by atoms with Crippen LogP contribution < -0.4 is 14.6 Å². The van der Waals surface area contributed by atoms with Crippen molar-refractivity contribution in [1.82, 2.24) is 0 Å². The molecule has 10 nitrogen and oxygen atoms in total. The minimum absolute atomic E-state index is 0. The fourth-order valence-electron chi connectivity index (χ4n) is 7.88. The molecule has 2 N–H and O–H groups in total. The normalized spacial score (nSPS) is 11.4. The van der Waals surface area contributed by atoms with Gasteiger partial charge in [-0.2, -0.15) is 8.42 Å². The molecular formula is C52H74CaO10S2. The van der Waals surface area contributed by atoms with Gasteiger partial charge in [-0.05, 0) is 67.1 Å². The Morgan fingerprint density at radius 3 is 1.18 bits per heavy atom. The van der Waals surface area contributed by atoms with Crippen LogP contribution in [0.3, 0.4) is 0 Å². The fourth-order valence-corrected chi connectivity index (χ4v) is 9.59. The molecule has 4 rings (SSSR count). The summed E-state index contributed by atoms with van der Waals surface area (Å²) in [6.45, 7) is 4.48. The number of hydrogen-bond donors (Lipinski definition) is 2. The van der Waals surface area contributed by atoms with E-state index in [0.717, 1.165) is 38.5 Å². The van der Waals surface area contributed by atoms with E-state index in [4.69, 9.17) is 9.47 Å². The van der Waals surface area contributed by atoms with Gasteiger partial charge in [-0.3, -0.25) is 4.55 Å². The van der Waals surface area contributed by atoms with Crippen molar-refractivity contribution in [2.45, 2.75) is 191 Å². The molecule has 0 spiro atoms. The zero-order valence-electron chi connectivity index (χ0n) is 39.2. The number of phenolic OH excluding ortho intramolecular Hbond substituents is 1. The number of phenols is 1. The molecule has 65 heavy (non-hydrogen) atoms. The quantitative estimate of drug-likeness (QED) is 0.0272. The Morgan fingerprint density at radius 2 is 0.785 bits per heavy atom. The van der Waals surface area contributed by atoms with E-state index in [2.05, 4.69) is 13.8 Å². The van der Waals surface area contributed by atoms with E-state index >= 15 is 0 Å². The predicted octanol–water partition coefficient (Wildman–Crippen LogP) is 14.0. The first kappa shape index (κ1) is 58.3. The van der Waals surface area contributed by atoms with Gasteiger partial charge < -0.3 is 24.2 Å². The van der Waals surface area contributed by atoms with Gasteiger partial charge in [-0.15, -0.1) is 0 Å². The van der Waals surface area contributed by atoms with Crippen molar-refractivity contribution in [3.8, 4) is 34.5 Å². The van der Waals surface area contributed by atoms with Gasteiger partial charge in [0.15, 0.2) is 11.5 Å². The molecule has 0 amide bonds. The molecule has 0 aliphatic carbocycles. The van der Waals surface area contributed by atoms with Crippen molar-refractivity contribution >= 4 is 58.0 Å². The molecule has 4 aromatic carbocycles. The third-order valence-corrected chi connectivity index (χ3v) is 13.3. The van der Waals surface area contributed by atoms with Crippen molar-refractivity contribution in [3.63, 3.8) is 0 Å². The zero-order valence-corrected chi connectivity index (χ0v) is 43.0. The Kier molecular flexibility index (Phi) is 30.1. The monoisotopic (exact) mass is 962 g/mol. The predicted molar refractivity (Wildman–Crippen MR) is 260 cm³/mol. The Hall–Kier alpha value is -2.84. The van der Waals surface area contributed by atoms with E-state index in [9.17, 15) is 36.2 Å². The van der Waals surface area contributed by atoms with E-state index in [1.54, 1.807) is 54.6 Å². The number of ether oxygens (including phenoxy) is 2. The smallest absolute Gasteiger partial charge is 0.870 e. The molecular weight excluding hydrogens is 889 g/mol. The number of benzene rings is 4. The van der Waals surface area contributed by atoms with Gasteiger partial charge in [0.25, 0.3) is 10.1 Å². The molecule has 0 atom stereocenters. The van der Waals surface area contributed by atoms with Gasteiger partial charge in [0.05, 0.1) is 0 Å². The maximum Gasteiger partial charge on any atom is 2.00 e. The molecule has 0 aromatic heterocycles. The second-order valence-electron chi connectivity index (χ2n) is 16.8. The van der Waals surface area contributed by atoms with Gasteiger partial charge in [0, 0.05) is 0 Å². The first-order valence-corrected chi connectivity index (χ1v) is 26.8. The molecule has 0 bridgehead atoms. The SMILES string of the molecule is CCCCCCCCCCCCCCc1cccc(Oc2ccccc2O)c1S(=O)(=O)O.CCCCCCCCCCCCCCc1cccc(Oc2ccccc2[O-])c1S(=O)(=O)[O-].[Ca+2]. The molecule has 4 aromatic rings. The Morgan fingerprint density at radius 1 is 0.446 bits per heavy atom. The minimum atomic E-state index is -4.74. The molecule has 0 aliphatic rings. The zero-order chi connectivity index (χ0) is 46.5. The minimum Gasteiger partial charge on any atom is -0.870 e. The van der Waals surface area contributed by atoms with Crippen molar-refractivity contribution in [2.24, 2.45) is 0 Å². The summed E-state index contributed by atoms with van der Waals surface area (Å²) in [7, 11) is -9.21. The van der Waals surface area contributed by atoms with Crippen molar-refractivity contribution in [3.05, 3.63) is 96.1 Å². The Balaban J connectivity index is 0.000000440. The van der Waals surface area contributed by atoms with Crippen LogP contribution in [0, 0.1) is 0 Å². The summed E-state index contributed by atoms with van der Waals surface area (Å²) in [5.41, 5.74) is 0.987. The van der Waals surface area contributed by atoms with E-state index in [1.807, 2.05) is 0 Å². The average molecular weight is 963 g/mol. The number of aromatic hydroxyl groups is 1. The number of hydrogen-bond acceptors (Lipinski definition) is 9. The standard InChI is InChI=1S/2C26H38O5S.Ca/c2*1-2-3-4-5-6-7-8-9-10-11-12-13-17-22-18-16-21-25(26(22)32(28,29)30)31-24-20-15-14-19-23(24)27;/h2*14-16,18-21,27H,2-13,17H2,1H3,(H,28,29,30);/q;;+2/p-2. The second-order valence-corrected chi connectivity index (χ2v) is 19.5. The summed E-state index contributed by atoms with van der Waals surface area (Å²) >= 11 is 0. The first-order valence-electron chi connectivity index (χ1n) is 23.9. The summed E-state index contributed by atoms with van der Waals surface area (Å²) in [5.74, 6) is -0.390. The van der Waals surface area contributed by atoms with Crippen molar-refractivity contribution in [2.75, 3.05) is 0 Å². The summed E-state index contributed by atoms with van der Waals surface area (Å²) in [6, 6.07) is 21.9. The number of aryl methyl sites for hydroxylation is 2.